The maximum Gasteiger partial charge on any atom is 0.270 e. The molecular formula is C16H9ClN6O3. The Labute approximate surface area is 151 Å². The molecule has 0 aliphatic heterocycles. The molecule has 0 bridgehead atoms. The Morgan fingerprint density at radius 2 is 2.15 bits per heavy atom. The average molecular weight is 369 g/mol. The molecule has 3 rings (SSSR count). The summed E-state index contributed by atoms with van der Waals surface area (Å²) >= 11 is 5.98. The largest absolute Gasteiger partial charge is 0.305 e. The second kappa shape index (κ2) is 7.00. The number of hydrogen-bond donors (Lipinski definition) is 1. The van der Waals surface area contributed by atoms with E-state index in [0.29, 0.717) is 5.82 Å². The van der Waals surface area contributed by atoms with Crippen LogP contribution in [0.3, 0.4) is 0 Å². The smallest absolute Gasteiger partial charge is 0.270 e. The first-order chi connectivity index (χ1) is 12.5. The van der Waals surface area contributed by atoms with Crippen LogP contribution in [0.5, 0.6) is 0 Å². The Bertz CT molecular complexity index is 1040. The zero-order chi connectivity index (χ0) is 18.7. The molecule has 0 aliphatic carbocycles. The third-order valence-corrected chi connectivity index (χ3v) is 3.72. The zero-order valence-electron chi connectivity index (χ0n) is 13.0. The number of anilines is 1. The van der Waals surface area contributed by atoms with Gasteiger partial charge in [0.05, 0.1) is 21.7 Å². The van der Waals surface area contributed by atoms with Crippen LogP contribution in [0.25, 0.3) is 5.82 Å². The predicted octanol–water partition coefficient (Wildman–Crippen LogP) is 2.95. The van der Waals surface area contributed by atoms with Gasteiger partial charge in [-0.05, 0) is 18.2 Å². The Balaban J connectivity index is 2.01. The number of nitro groups is 1. The van der Waals surface area contributed by atoms with Crippen molar-refractivity contribution in [1.82, 2.24) is 14.8 Å². The van der Waals surface area contributed by atoms with Gasteiger partial charge in [-0.3, -0.25) is 14.9 Å². The molecule has 0 saturated heterocycles. The third-order valence-electron chi connectivity index (χ3n) is 3.39. The summed E-state index contributed by atoms with van der Waals surface area (Å²) < 4.78 is 1.28. The molecule has 1 amide bonds. The highest BCUT2D eigenvalue weighted by atomic mass is 35.5. The molecule has 0 spiro atoms. The van der Waals surface area contributed by atoms with Gasteiger partial charge in [0.15, 0.2) is 11.6 Å². The predicted molar refractivity (Wildman–Crippen MR) is 92.1 cm³/mol. The SMILES string of the molecule is N#Cc1cnn(-c2ccccn2)c1NC(=O)c1cc([N+](=O)[O-])ccc1Cl. The van der Waals surface area contributed by atoms with Crippen molar-refractivity contribution < 1.29 is 9.72 Å². The monoisotopic (exact) mass is 368 g/mol. The number of amides is 1. The van der Waals surface area contributed by atoms with Gasteiger partial charge in [0, 0.05) is 18.3 Å². The van der Waals surface area contributed by atoms with Gasteiger partial charge < -0.3 is 5.32 Å². The van der Waals surface area contributed by atoms with E-state index in [1.165, 1.54) is 29.2 Å². The van der Waals surface area contributed by atoms with Crippen LogP contribution in [0.4, 0.5) is 11.5 Å². The number of nitro benzene ring substituents is 1. The van der Waals surface area contributed by atoms with Crippen molar-refractivity contribution >= 4 is 29.0 Å². The van der Waals surface area contributed by atoms with E-state index < -0.39 is 10.8 Å². The Morgan fingerprint density at radius 3 is 2.81 bits per heavy atom. The van der Waals surface area contributed by atoms with Gasteiger partial charge in [0.2, 0.25) is 0 Å². The summed E-state index contributed by atoms with van der Waals surface area (Å²) in [5.41, 5.74) is -0.276. The molecule has 2 aromatic heterocycles. The van der Waals surface area contributed by atoms with Crippen LogP contribution in [-0.2, 0) is 0 Å². The first kappa shape index (κ1) is 17.1. The van der Waals surface area contributed by atoms with Crippen molar-refractivity contribution in [1.29, 1.82) is 5.26 Å². The van der Waals surface area contributed by atoms with Crippen molar-refractivity contribution in [2.45, 2.75) is 0 Å². The Morgan fingerprint density at radius 1 is 1.35 bits per heavy atom. The van der Waals surface area contributed by atoms with Gasteiger partial charge in [-0.1, -0.05) is 17.7 Å². The highest BCUT2D eigenvalue weighted by molar-refractivity contribution is 6.34. The summed E-state index contributed by atoms with van der Waals surface area (Å²) in [7, 11) is 0. The first-order valence-electron chi connectivity index (χ1n) is 7.16. The summed E-state index contributed by atoms with van der Waals surface area (Å²) in [6, 6.07) is 10.5. The van der Waals surface area contributed by atoms with Crippen molar-refractivity contribution in [2.24, 2.45) is 0 Å². The molecule has 1 N–H and O–H groups in total. The van der Waals surface area contributed by atoms with Gasteiger partial charge in [0.25, 0.3) is 11.6 Å². The van der Waals surface area contributed by atoms with E-state index in [4.69, 9.17) is 11.6 Å². The molecule has 0 aliphatic rings. The molecule has 128 valence electrons. The lowest BCUT2D eigenvalue weighted by Crippen LogP contribution is -2.17. The van der Waals surface area contributed by atoms with Crippen molar-refractivity contribution in [3.8, 4) is 11.9 Å². The average Bonchev–Trinajstić information content (AvgIpc) is 3.05. The van der Waals surface area contributed by atoms with Crippen LogP contribution in [0, 0.1) is 21.4 Å². The Hall–Kier alpha value is -3.77. The van der Waals surface area contributed by atoms with E-state index >= 15 is 0 Å². The van der Waals surface area contributed by atoms with Gasteiger partial charge in [0.1, 0.15) is 11.6 Å². The minimum atomic E-state index is -0.715. The lowest BCUT2D eigenvalue weighted by molar-refractivity contribution is -0.384. The van der Waals surface area contributed by atoms with E-state index in [1.807, 2.05) is 6.07 Å². The molecule has 26 heavy (non-hydrogen) atoms. The normalized spacial score (nSPS) is 10.2. The number of rotatable bonds is 4. The highest BCUT2D eigenvalue weighted by Gasteiger charge is 2.20. The molecule has 0 atom stereocenters. The molecule has 3 aromatic rings. The van der Waals surface area contributed by atoms with Crippen LogP contribution in [0.15, 0.2) is 48.8 Å². The quantitative estimate of drug-likeness (QED) is 0.557. The van der Waals surface area contributed by atoms with Gasteiger partial charge in [-0.25, -0.2) is 4.98 Å². The van der Waals surface area contributed by atoms with Crippen LogP contribution in [-0.4, -0.2) is 25.6 Å². The van der Waals surface area contributed by atoms with E-state index in [1.54, 1.807) is 18.2 Å². The summed E-state index contributed by atoms with van der Waals surface area (Å²) in [6.07, 6.45) is 2.81. The molecule has 0 saturated carbocycles. The van der Waals surface area contributed by atoms with Crippen LogP contribution in [0.2, 0.25) is 5.02 Å². The summed E-state index contributed by atoms with van der Waals surface area (Å²) in [5, 5.41) is 26.8. The lowest BCUT2D eigenvalue weighted by Gasteiger charge is -2.09. The van der Waals surface area contributed by atoms with Crippen LogP contribution in [0.1, 0.15) is 15.9 Å². The second-order valence-corrected chi connectivity index (χ2v) is 5.40. The molecular weight excluding hydrogens is 360 g/mol. The van der Waals surface area contributed by atoms with Crippen LogP contribution < -0.4 is 5.32 Å². The Kier molecular flexibility index (Phi) is 4.59. The molecule has 0 unspecified atom stereocenters. The van der Waals surface area contributed by atoms with Gasteiger partial charge in [-0.2, -0.15) is 15.0 Å². The van der Waals surface area contributed by atoms with Crippen molar-refractivity contribution in [2.75, 3.05) is 5.32 Å². The molecule has 2 heterocycles. The molecule has 0 radical (unpaired) electrons. The molecule has 9 nitrogen and oxygen atoms in total. The number of benzene rings is 1. The fraction of sp³-hybridized carbons (Fsp3) is 0. The minimum Gasteiger partial charge on any atom is -0.305 e. The van der Waals surface area contributed by atoms with Crippen molar-refractivity contribution in [3.63, 3.8) is 0 Å². The number of halogens is 1. The van der Waals surface area contributed by atoms with E-state index in [9.17, 15) is 20.2 Å². The van der Waals surface area contributed by atoms with E-state index in [0.717, 1.165) is 6.07 Å². The molecule has 10 heteroatoms. The van der Waals surface area contributed by atoms with Crippen LogP contribution >= 0.6 is 11.6 Å². The van der Waals surface area contributed by atoms with E-state index in [-0.39, 0.29) is 27.7 Å². The van der Waals surface area contributed by atoms with Crippen molar-refractivity contribution in [3.05, 3.63) is 75.1 Å². The molecule has 1 aromatic carbocycles. The van der Waals surface area contributed by atoms with Gasteiger partial charge >= 0.3 is 0 Å². The lowest BCUT2D eigenvalue weighted by atomic mass is 10.2. The first-order valence-corrected chi connectivity index (χ1v) is 7.54. The number of non-ortho nitro benzene ring substituents is 1. The fourth-order valence-electron chi connectivity index (χ4n) is 2.18. The number of aromatic nitrogens is 3. The van der Waals surface area contributed by atoms with Gasteiger partial charge in [-0.15, -0.1) is 0 Å². The minimum absolute atomic E-state index is 0.0375. The number of nitriles is 1. The standard InChI is InChI=1S/C16H9ClN6O3/c17-13-5-4-11(23(25)26)7-12(13)16(24)21-15-10(8-18)9-20-22(15)14-3-1-2-6-19-14/h1-7,9H,(H,21,24). The maximum absolute atomic E-state index is 12.6. The number of hydrogen-bond acceptors (Lipinski definition) is 6. The number of pyridine rings is 1. The topological polar surface area (TPSA) is 127 Å². The maximum atomic E-state index is 12.6. The summed E-state index contributed by atoms with van der Waals surface area (Å²) in [4.78, 5) is 27.0. The summed E-state index contributed by atoms with van der Waals surface area (Å²) in [5.74, 6) is -0.249. The molecule has 0 fully saturated rings. The zero-order valence-corrected chi connectivity index (χ0v) is 13.7. The number of nitrogens with zero attached hydrogens (tertiary/aromatic N) is 5. The number of nitrogens with one attached hydrogen (secondary N) is 1. The fourth-order valence-corrected chi connectivity index (χ4v) is 2.38. The second-order valence-electron chi connectivity index (χ2n) is 4.99. The summed E-state index contributed by atoms with van der Waals surface area (Å²) in [6.45, 7) is 0. The number of carbonyl (C=O) groups is 1. The number of carbonyl (C=O) groups excluding carboxylic acids is 1. The highest BCUT2D eigenvalue weighted by Crippen LogP contribution is 2.25. The third kappa shape index (κ3) is 3.22. The van der Waals surface area contributed by atoms with E-state index in [2.05, 4.69) is 15.4 Å².